The van der Waals surface area contributed by atoms with Gasteiger partial charge in [0, 0.05) is 18.8 Å². The van der Waals surface area contributed by atoms with E-state index in [-0.39, 0.29) is 0 Å². The minimum atomic E-state index is 0.685. The van der Waals surface area contributed by atoms with Crippen LogP contribution in [-0.2, 0) is 6.54 Å². The average molecular weight is 222 g/mol. The highest BCUT2D eigenvalue weighted by molar-refractivity contribution is 5.20. The first-order chi connectivity index (χ1) is 7.86. The lowest BCUT2D eigenvalue weighted by molar-refractivity contribution is 0.397. The first-order valence-corrected chi connectivity index (χ1v) is 6.06. The van der Waals surface area contributed by atoms with Gasteiger partial charge >= 0.3 is 0 Å². The number of rotatable bonds is 8. The topological polar surface area (TPSA) is 34.2 Å². The second kappa shape index (κ2) is 8.11. The van der Waals surface area contributed by atoms with Gasteiger partial charge in [0.25, 0.3) is 0 Å². The van der Waals surface area contributed by atoms with Crippen molar-refractivity contribution in [2.75, 3.05) is 13.7 Å². The van der Waals surface area contributed by atoms with E-state index in [9.17, 15) is 0 Å². The monoisotopic (exact) mass is 222 g/mol. The Balaban J connectivity index is 2.16. The van der Waals surface area contributed by atoms with Crippen molar-refractivity contribution in [3.05, 3.63) is 23.9 Å². The van der Waals surface area contributed by atoms with Crippen molar-refractivity contribution in [1.82, 2.24) is 10.3 Å². The number of aromatic nitrogens is 1. The van der Waals surface area contributed by atoms with Crippen LogP contribution >= 0.6 is 0 Å². The van der Waals surface area contributed by atoms with Crippen LogP contribution in [0.15, 0.2) is 18.3 Å². The highest BCUT2D eigenvalue weighted by Gasteiger charge is 1.96. The van der Waals surface area contributed by atoms with Gasteiger partial charge in [-0.15, -0.1) is 0 Å². The number of nitrogens with zero attached hydrogens (tertiary/aromatic N) is 1. The molecule has 0 aliphatic carbocycles. The van der Waals surface area contributed by atoms with Crippen LogP contribution in [0.4, 0.5) is 0 Å². The number of hydrogen-bond donors (Lipinski definition) is 1. The molecule has 3 heteroatoms. The van der Waals surface area contributed by atoms with Crippen molar-refractivity contribution in [3.8, 4) is 5.88 Å². The number of ether oxygens (including phenoxy) is 1. The molecule has 0 spiro atoms. The van der Waals surface area contributed by atoms with Crippen LogP contribution in [0.25, 0.3) is 0 Å². The Morgan fingerprint density at radius 2 is 2.19 bits per heavy atom. The van der Waals surface area contributed by atoms with Crippen LogP contribution in [0.5, 0.6) is 5.88 Å². The molecule has 0 radical (unpaired) electrons. The maximum atomic E-state index is 5.08. The molecule has 16 heavy (non-hydrogen) atoms. The maximum Gasteiger partial charge on any atom is 0.213 e. The molecule has 0 saturated heterocycles. The Morgan fingerprint density at radius 3 is 2.94 bits per heavy atom. The van der Waals surface area contributed by atoms with E-state index in [1.54, 1.807) is 13.3 Å². The molecule has 0 aliphatic rings. The summed E-state index contributed by atoms with van der Waals surface area (Å²) >= 11 is 0. The Hall–Kier alpha value is -1.09. The lowest BCUT2D eigenvalue weighted by Gasteiger charge is -2.05. The Labute approximate surface area is 98.2 Å². The summed E-state index contributed by atoms with van der Waals surface area (Å²) in [5.41, 5.74) is 1.22. The van der Waals surface area contributed by atoms with Crippen LogP contribution in [0.2, 0.25) is 0 Å². The standard InChI is InChI=1S/C13H22N2O/c1-3-4-5-6-8-14-11-12-7-9-15-13(10-12)16-2/h7,9-10,14H,3-6,8,11H2,1-2H3. The molecule has 0 aliphatic heterocycles. The summed E-state index contributed by atoms with van der Waals surface area (Å²) in [6.45, 7) is 4.21. The molecule has 1 aromatic rings. The van der Waals surface area contributed by atoms with Gasteiger partial charge in [0.1, 0.15) is 0 Å². The van der Waals surface area contributed by atoms with E-state index in [1.807, 2.05) is 12.1 Å². The minimum Gasteiger partial charge on any atom is -0.481 e. The quantitative estimate of drug-likeness (QED) is 0.687. The molecular formula is C13H22N2O. The SMILES string of the molecule is CCCCCCNCc1ccnc(OC)c1. The number of hydrogen-bond acceptors (Lipinski definition) is 3. The third kappa shape index (κ3) is 5.12. The number of pyridine rings is 1. The molecule has 1 heterocycles. The molecule has 0 bridgehead atoms. The van der Waals surface area contributed by atoms with Crippen LogP contribution in [0.3, 0.4) is 0 Å². The van der Waals surface area contributed by atoms with Gasteiger partial charge in [0.2, 0.25) is 5.88 Å². The molecule has 1 rings (SSSR count). The van der Waals surface area contributed by atoms with Crippen molar-refractivity contribution >= 4 is 0 Å². The van der Waals surface area contributed by atoms with Gasteiger partial charge in [-0.25, -0.2) is 4.98 Å². The van der Waals surface area contributed by atoms with Crippen LogP contribution in [-0.4, -0.2) is 18.6 Å². The smallest absolute Gasteiger partial charge is 0.213 e. The summed E-state index contributed by atoms with van der Waals surface area (Å²) in [5, 5.41) is 3.43. The van der Waals surface area contributed by atoms with Gasteiger partial charge in [0.15, 0.2) is 0 Å². The number of unbranched alkanes of at least 4 members (excludes halogenated alkanes) is 3. The predicted octanol–water partition coefficient (Wildman–Crippen LogP) is 2.76. The Bertz CT molecular complexity index is 289. The van der Waals surface area contributed by atoms with Gasteiger partial charge in [-0.3, -0.25) is 0 Å². The Morgan fingerprint density at radius 1 is 1.31 bits per heavy atom. The summed E-state index contributed by atoms with van der Waals surface area (Å²) < 4.78 is 5.08. The predicted molar refractivity (Wildman–Crippen MR) is 66.6 cm³/mol. The van der Waals surface area contributed by atoms with Crippen LogP contribution in [0.1, 0.15) is 38.2 Å². The van der Waals surface area contributed by atoms with Gasteiger partial charge < -0.3 is 10.1 Å². The fourth-order valence-electron chi connectivity index (χ4n) is 1.58. The molecule has 0 unspecified atom stereocenters. The van der Waals surface area contributed by atoms with Crippen molar-refractivity contribution in [3.63, 3.8) is 0 Å². The first kappa shape index (κ1) is 13.0. The van der Waals surface area contributed by atoms with E-state index in [2.05, 4.69) is 17.2 Å². The second-order valence-corrected chi connectivity index (χ2v) is 3.94. The van der Waals surface area contributed by atoms with E-state index in [4.69, 9.17) is 4.74 Å². The highest BCUT2D eigenvalue weighted by atomic mass is 16.5. The summed E-state index contributed by atoms with van der Waals surface area (Å²) in [4.78, 5) is 4.08. The fourth-order valence-corrected chi connectivity index (χ4v) is 1.58. The molecule has 0 fully saturated rings. The molecule has 1 aromatic heterocycles. The van der Waals surface area contributed by atoms with Crippen LogP contribution < -0.4 is 10.1 Å². The summed E-state index contributed by atoms with van der Waals surface area (Å²) in [6.07, 6.45) is 7.00. The highest BCUT2D eigenvalue weighted by Crippen LogP contribution is 2.08. The van der Waals surface area contributed by atoms with E-state index < -0.39 is 0 Å². The molecule has 90 valence electrons. The zero-order chi connectivity index (χ0) is 11.6. The third-order valence-corrected chi connectivity index (χ3v) is 2.54. The summed E-state index contributed by atoms with van der Waals surface area (Å²) in [6, 6.07) is 3.99. The molecule has 1 N–H and O–H groups in total. The lowest BCUT2D eigenvalue weighted by Crippen LogP contribution is -2.14. The molecular weight excluding hydrogens is 200 g/mol. The molecule has 0 amide bonds. The summed E-state index contributed by atoms with van der Waals surface area (Å²) in [7, 11) is 1.64. The largest absolute Gasteiger partial charge is 0.481 e. The number of methoxy groups -OCH3 is 1. The van der Waals surface area contributed by atoms with Gasteiger partial charge in [0.05, 0.1) is 7.11 Å². The van der Waals surface area contributed by atoms with Crippen molar-refractivity contribution < 1.29 is 4.74 Å². The van der Waals surface area contributed by atoms with Gasteiger partial charge in [-0.05, 0) is 24.6 Å². The van der Waals surface area contributed by atoms with Crippen LogP contribution in [0, 0.1) is 0 Å². The minimum absolute atomic E-state index is 0.685. The molecule has 0 saturated carbocycles. The van der Waals surface area contributed by atoms with Gasteiger partial charge in [-0.1, -0.05) is 26.2 Å². The zero-order valence-electron chi connectivity index (χ0n) is 10.3. The van der Waals surface area contributed by atoms with Crippen molar-refractivity contribution in [2.24, 2.45) is 0 Å². The molecule has 0 atom stereocenters. The van der Waals surface area contributed by atoms with E-state index in [0.29, 0.717) is 5.88 Å². The Kier molecular flexibility index (Phi) is 6.58. The molecule has 3 nitrogen and oxygen atoms in total. The lowest BCUT2D eigenvalue weighted by atomic mass is 10.2. The average Bonchev–Trinajstić information content (AvgIpc) is 2.34. The number of nitrogens with one attached hydrogen (secondary N) is 1. The fraction of sp³-hybridized carbons (Fsp3) is 0.615. The second-order valence-electron chi connectivity index (χ2n) is 3.94. The van der Waals surface area contributed by atoms with Gasteiger partial charge in [-0.2, -0.15) is 0 Å². The van der Waals surface area contributed by atoms with Crippen molar-refractivity contribution in [1.29, 1.82) is 0 Å². The van der Waals surface area contributed by atoms with Crippen molar-refractivity contribution in [2.45, 2.75) is 39.2 Å². The normalized spacial score (nSPS) is 10.4. The molecule has 0 aromatic carbocycles. The zero-order valence-corrected chi connectivity index (χ0v) is 10.3. The van der Waals surface area contributed by atoms with E-state index >= 15 is 0 Å². The van der Waals surface area contributed by atoms with E-state index in [1.165, 1.54) is 31.2 Å². The maximum absolute atomic E-state index is 5.08. The van der Waals surface area contributed by atoms with E-state index in [0.717, 1.165) is 13.1 Å². The summed E-state index contributed by atoms with van der Waals surface area (Å²) in [5.74, 6) is 0.685. The first-order valence-electron chi connectivity index (χ1n) is 6.06. The third-order valence-electron chi connectivity index (χ3n) is 2.54.